The minimum Gasteiger partial charge on any atom is -0.462 e. The predicted octanol–water partition coefficient (Wildman–Crippen LogP) is 4.22. The largest absolute Gasteiger partial charge is 0.462 e. The lowest BCUT2D eigenvalue weighted by Crippen LogP contribution is -2.13. The van der Waals surface area contributed by atoms with Crippen molar-refractivity contribution in [2.24, 2.45) is 0 Å². The van der Waals surface area contributed by atoms with Gasteiger partial charge in [0.1, 0.15) is 16.5 Å². The van der Waals surface area contributed by atoms with Crippen LogP contribution < -0.4 is 5.32 Å². The van der Waals surface area contributed by atoms with Gasteiger partial charge in [-0.15, -0.1) is 0 Å². The van der Waals surface area contributed by atoms with Gasteiger partial charge in [0.15, 0.2) is 0 Å². The Morgan fingerprint density at radius 3 is 2.82 bits per heavy atom. The Morgan fingerprint density at radius 2 is 2.09 bits per heavy atom. The van der Waals surface area contributed by atoms with Crippen LogP contribution in [0.15, 0.2) is 36.4 Å². The SMILES string of the molecule is CCOC(=O)c1ccc(Cl)nc1NCCc1cccc(Cl)c1. The van der Waals surface area contributed by atoms with Crippen LogP contribution in [0, 0.1) is 0 Å². The summed E-state index contributed by atoms with van der Waals surface area (Å²) in [5.41, 5.74) is 1.47. The van der Waals surface area contributed by atoms with Gasteiger partial charge >= 0.3 is 5.97 Å². The van der Waals surface area contributed by atoms with Crippen LogP contribution in [0.4, 0.5) is 5.82 Å². The minimum atomic E-state index is -0.420. The van der Waals surface area contributed by atoms with E-state index in [1.807, 2.05) is 24.3 Å². The van der Waals surface area contributed by atoms with Gasteiger partial charge in [0.25, 0.3) is 0 Å². The van der Waals surface area contributed by atoms with Crippen LogP contribution in [0.2, 0.25) is 10.2 Å². The molecule has 0 saturated carbocycles. The van der Waals surface area contributed by atoms with Gasteiger partial charge in [0, 0.05) is 11.6 Å². The number of hydrogen-bond acceptors (Lipinski definition) is 4. The monoisotopic (exact) mass is 338 g/mol. The van der Waals surface area contributed by atoms with Gasteiger partial charge in [-0.2, -0.15) is 0 Å². The lowest BCUT2D eigenvalue weighted by molar-refractivity contribution is 0.0527. The van der Waals surface area contributed by atoms with Gasteiger partial charge < -0.3 is 10.1 Å². The number of benzene rings is 1. The molecular formula is C16H16Cl2N2O2. The summed E-state index contributed by atoms with van der Waals surface area (Å²) >= 11 is 11.8. The summed E-state index contributed by atoms with van der Waals surface area (Å²) in [5.74, 6) is 0.00454. The van der Waals surface area contributed by atoms with Crippen molar-refractivity contribution in [2.75, 3.05) is 18.5 Å². The molecule has 1 aromatic carbocycles. The van der Waals surface area contributed by atoms with Crippen molar-refractivity contribution in [1.29, 1.82) is 0 Å². The maximum absolute atomic E-state index is 11.9. The second-order valence-corrected chi connectivity index (χ2v) is 5.38. The van der Waals surface area contributed by atoms with E-state index in [-0.39, 0.29) is 0 Å². The summed E-state index contributed by atoms with van der Waals surface area (Å²) in [4.78, 5) is 16.0. The van der Waals surface area contributed by atoms with E-state index < -0.39 is 5.97 Å². The summed E-state index contributed by atoms with van der Waals surface area (Å²) in [7, 11) is 0. The van der Waals surface area contributed by atoms with Crippen LogP contribution >= 0.6 is 23.2 Å². The number of carbonyl (C=O) groups is 1. The number of esters is 1. The highest BCUT2D eigenvalue weighted by molar-refractivity contribution is 6.30. The number of ether oxygens (including phenoxy) is 1. The Bertz CT molecular complexity index is 662. The van der Waals surface area contributed by atoms with Crippen molar-refractivity contribution < 1.29 is 9.53 Å². The van der Waals surface area contributed by atoms with Gasteiger partial charge in [0.05, 0.1) is 6.61 Å². The summed E-state index contributed by atoms with van der Waals surface area (Å²) < 4.78 is 5.01. The molecule has 6 heteroatoms. The summed E-state index contributed by atoms with van der Waals surface area (Å²) in [6, 6.07) is 10.8. The van der Waals surface area contributed by atoms with Crippen molar-refractivity contribution in [3.8, 4) is 0 Å². The Hall–Kier alpha value is -1.78. The molecule has 0 aliphatic carbocycles. The fourth-order valence-electron chi connectivity index (χ4n) is 1.96. The zero-order valence-electron chi connectivity index (χ0n) is 12.1. The first kappa shape index (κ1) is 16.6. The minimum absolute atomic E-state index is 0.309. The Morgan fingerprint density at radius 1 is 1.27 bits per heavy atom. The first-order valence-corrected chi connectivity index (χ1v) is 7.67. The zero-order valence-corrected chi connectivity index (χ0v) is 13.6. The molecule has 1 heterocycles. The molecule has 2 aromatic rings. The van der Waals surface area contributed by atoms with Crippen LogP contribution in [0.3, 0.4) is 0 Å². The van der Waals surface area contributed by atoms with Crippen molar-refractivity contribution >= 4 is 35.0 Å². The Kier molecular flexibility index (Phi) is 6.04. The second kappa shape index (κ2) is 8.01. The quantitative estimate of drug-likeness (QED) is 0.632. The van der Waals surface area contributed by atoms with Crippen molar-refractivity contribution in [1.82, 2.24) is 4.98 Å². The van der Waals surface area contributed by atoms with Gasteiger partial charge in [-0.05, 0) is 43.2 Å². The number of anilines is 1. The molecule has 0 spiro atoms. The summed E-state index contributed by atoms with van der Waals surface area (Å²) in [5, 5.41) is 4.14. The molecule has 0 radical (unpaired) electrons. The second-order valence-electron chi connectivity index (χ2n) is 4.56. The highest BCUT2D eigenvalue weighted by Crippen LogP contribution is 2.18. The molecule has 0 saturated heterocycles. The van der Waals surface area contributed by atoms with Gasteiger partial charge in [-0.3, -0.25) is 0 Å². The number of carbonyl (C=O) groups excluding carboxylic acids is 1. The Labute approximate surface area is 139 Å². The number of nitrogens with zero attached hydrogens (tertiary/aromatic N) is 1. The zero-order chi connectivity index (χ0) is 15.9. The molecule has 1 N–H and O–H groups in total. The van der Waals surface area contributed by atoms with Gasteiger partial charge in [-0.1, -0.05) is 35.3 Å². The van der Waals surface area contributed by atoms with Crippen molar-refractivity contribution in [3.05, 3.63) is 57.7 Å². The number of nitrogens with one attached hydrogen (secondary N) is 1. The first-order valence-electron chi connectivity index (χ1n) is 6.92. The van der Waals surface area contributed by atoms with E-state index in [0.29, 0.717) is 34.7 Å². The smallest absolute Gasteiger partial charge is 0.341 e. The van der Waals surface area contributed by atoms with Gasteiger partial charge in [0.2, 0.25) is 0 Å². The third kappa shape index (κ3) is 4.61. The van der Waals surface area contributed by atoms with E-state index in [9.17, 15) is 4.79 Å². The number of hydrogen-bond donors (Lipinski definition) is 1. The van der Waals surface area contributed by atoms with E-state index >= 15 is 0 Å². The molecule has 0 atom stereocenters. The van der Waals surface area contributed by atoms with E-state index in [1.165, 1.54) is 0 Å². The van der Waals surface area contributed by atoms with Gasteiger partial charge in [-0.25, -0.2) is 9.78 Å². The third-order valence-corrected chi connectivity index (χ3v) is 3.40. The summed E-state index contributed by atoms with van der Waals surface area (Å²) in [6.07, 6.45) is 0.747. The fraction of sp³-hybridized carbons (Fsp3) is 0.250. The van der Waals surface area contributed by atoms with E-state index in [1.54, 1.807) is 19.1 Å². The fourth-order valence-corrected chi connectivity index (χ4v) is 2.32. The lowest BCUT2D eigenvalue weighted by atomic mass is 10.1. The van der Waals surface area contributed by atoms with Crippen molar-refractivity contribution in [2.45, 2.75) is 13.3 Å². The number of rotatable bonds is 6. The molecule has 22 heavy (non-hydrogen) atoms. The third-order valence-electron chi connectivity index (χ3n) is 2.95. The number of pyridine rings is 1. The number of aromatic nitrogens is 1. The van der Waals surface area contributed by atoms with E-state index in [4.69, 9.17) is 27.9 Å². The maximum Gasteiger partial charge on any atom is 0.341 e. The van der Waals surface area contributed by atoms with Crippen LogP contribution in [0.1, 0.15) is 22.8 Å². The molecule has 0 amide bonds. The van der Waals surface area contributed by atoms with Crippen LogP contribution in [0.25, 0.3) is 0 Å². The van der Waals surface area contributed by atoms with E-state index in [2.05, 4.69) is 10.3 Å². The molecule has 0 aliphatic rings. The molecule has 2 rings (SSSR count). The topological polar surface area (TPSA) is 51.2 Å². The molecular weight excluding hydrogens is 323 g/mol. The molecule has 0 unspecified atom stereocenters. The molecule has 4 nitrogen and oxygen atoms in total. The molecule has 116 valence electrons. The normalized spacial score (nSPS) is 10.3. The predicted molar refractivity (Wildman–Crippen MR) is 88.8 cm³/mol. The molecule has 1 aromatic heterocycles. The average Bonchev–Trinajstić information content (AvgIpc) is 2.47. The van der Waals surface area contributed by atoms with Crippen molar-refractivity contribution in [3.63, 3.8) is 0 Å². The first-order chi connectivity index (χ1) is 10.6. The van der Waals surface area contributed by atoms with Crippen LogP contribution in [-0.2, 0) is 11.2 Å². The summed E-state index contributed by atoms with van der Waals surface area (Å²) in [6.45, 7) is 2.66. The van der Waals surface area contributed by atoms with E-state index in [0.717, 1.165) is 12.0 Å². The van der Waals surface area contributed by atoms with Crippen LogP contribution in [-0.4, -0.2) is 24.1 Å². The highest BCUT2D eigenvalue weighted by Gasteiger charge is 2.14. The highest BCUT2D eigenvalue weighted by atomic mass is 35.5. The maximum atomic E-state index is 11.9. The molecule has 0 aliphatic heterocycles. The number of halogens is 2. The van der Waals surface area contributed by atoms with Crippen LogP contribution in [0.5, 0.6) is 0 Å². The lowest BCUT2D eigenvalue weighted by Gasteiger charge is -2.11. The average molecular weight is 339 g/mol. The molecule has 0 fully saturated rings. The Balaban J connectivity index is 2.05. The molecule has 0 bridgehead atoms. The standard InChI is InChI=1S/C16H16Cl2N2O2/c1-2-22-16(21)13-6-7-14(18)20-15(13)19-9-8-11-4-3-5-12(17)10-11/h3-7,10H,2,8-9H2,1H3,(H,19,20).